The monoisotopic (exact) mass is 674 g/mol. The molecule has 46 heavy (non-hydrogen) atoms. The van der Waals surface area contributed by atoms with Gasteiger partial charge in [-0.2, -0.15) is 0 Å². The molecule has 0 radical (unpaired) electrons. The Morgan fingerprint density at radius 1 is 0.674 bits per heavy atom. The summed E-state index contributed by atoms with van der Waals surface area (Å²) in [4.78, 5) is 22.8. The Hall–Kier alpha value is -4.82. The number of hydrogen-bond donors (Lipinski definition) is 1. The molecule has 0 aromatic heterocycles. The number of esters is 2. The van der Waals surface area contributed by atoms with Gasteiger partial charge in [-0.15, -0.1) is 0 Å². The Morgan fingerprint density at radius 3 is 1.50 bits per heavy atom. The Labute approximate surface area is 266 Å². The number of sulfonamides is 2. The van der Waals surface area contributed by atoms with Crippen molar-refractivity contribution in [2.24, 2.45) is 5.92 Å². The number of carbonyl (C=O) groups is 2. The van der Waals surface area contributed by atoms with Crippen LogP contribution in [0, 0.1) is 17.6 Å². The van der Waals surface area contributed by atoms with Crippen molar-refractivity contribution < 1.29 is 44.7 Å². The van der Waals surface area contributed by atoms with Gasteiger partial charge in [0.2, 0.25) is 0 Å². The highest BCUT2D eigenvalue weighted by molar-refractivity contribution is 7.93. The summed E-state index contributed by atoms with van der Waals surface area (Å²) in [6.07, 6.45) is 0. The summed E-state index contributed by atoms with van der Waals surface area (Å²) in [5.74, 6) is -1.92. The molecule has 0 fully saturated rings. The van der Waals surface area contributed by atoms with Crippen LogP contribution in [0.3, 0.4) is 0 Å². The molecule has 4 rings (SSSR count). The topological polar surface area (TPSA) is 136 Å². The van der Waals surface area contributed by atoms with Crippen LogP contribution < -0.4 is 9.03 Å². The highest BCUT2D eigenvalue weighted by Gasteiger charge is 2.26. The zero-order valence-electron chi connectivity index (χ0n) is 25.3. The van der Waals surface area contributed by atoms with Crippen LogP contribution in [0.4, 0.5) is 20.2 Å². The van der Waals surface area contributed by atoms with Gasteiger partial charge >= 0.3 is 11.9 Å². The van der Waals surface area contributed by atoms with E-state index in [2.05, 4.69) is 14.2 Å². The average molecular weight is 675 g/mol. The number of methoxy groups -OCH3 is 2. The number of carbonyl (C=O) groups excluding carboxylic acids is 2. The molecule has 0 aliphatic carbocycles. The summed E-state index contributed by atoms with van der Waals surface area (Å²) in [6.45, 7) is 4.03. The van der Waals surface area contributed by atoms with Gasteiger partial charge in [0.05, 0.1) is 40.8 Å². The van der Waals surface area contributed by atoms with E-state index >= 15 is 0 Å². The SMILES string of the molecule is COC(=O)c1ccc(S(=O)(=O)N(CC(C)C)c2ccc(F)cc2)cc1.COC(=O)c1ccc(S(=O)(=O)Nc2ccc(F)cc2)cc1. The van der Waals surface area contributed by atoms with E-state index in [4.69, 9.17) is 0 Å². The first kappa shape index (κ1) is 35.7. The molecule has 0 amide bonds. The van der Waals surface area contributed by atoms with Crippen molar-refractivity contribution >= 4 is 43.4 Å². The number of nitrogens with one attached hydrogen (secondary N) is 1. The minimum atomic E-state index is -3.85. The highest BCUT2D eigenvalue weighted by atomic mass is 32.2. The summed E-state index contributed by atoms with van der Waals surface area (Å²) >= 11 is 0. The van der Waals surface area contributed by atoms with Gasteiger partial charge < -0.3 is 9.47 Å². The van der Waals surface area contributed by atoms with Crippen molar-refractivity contribution in [3.63, 3.8) is 0 Å². The summed E-state index contributed by atoms with van der Waals surface area (Å²) in [7, 11) is -5.16. The molecule has 0 bridgehead atoms. The largest absolute Gasteiger partial charge is 0.465 e. The predicted molar refractivity (Wildman–Crippen MR) is 169 cm³/mol. The third-order valence-corrected chi connectivity index (χ3v) is 9.40. The first-order valence-electron chi connectivity index (χ1n) is 13.6. The van der Waals surface area contributed by atoms with Crippen LogP contribution >= 0.6 is 0 Å². The Morgan fingerprint density at radius 2 is 1.09 bits per heavy atom. The van der Waals surface area contributed by atoms with E-state index in [1.807, 2.05) is 13.8 Å². The maximum absolute atomic E-state index is 13.2. The molecule has 0 spiro atoms. The highest BCUT2D eigenvalue weighted by Crippen LogP contribution is 2.26. The molecule has 0 unspecified atom stereocenters. The minimum Gasteiger partial charge on any atom is -0.465 e. The molecular weight excluding hydrogens is 642 g/mol. The third-order valence-electron chi connectivity index (χ3n) is 6.19. The van der Waals surface area contributed by atoms with E-state index < -0.39 is 43.6 Å². The number of halogens is 2. The second kappa shape index (κ2) is 15.5. The molecule has 14 heteroatoms. The fraction of sp³-hybridized carbons (Fsp3) is 0.188. The summed E-state index contributed by atoms with van der Waals surface area (Å²) < 4.78 is 88.9. The van der Waals surface area contributed by atoms with Crippen LogP contribution in [0.5, 0.6) is 0 Å². The first-order chi connectivity index (χ1) is 21.7. The van der Waals surface area contributed by atoms with Crippen molar-refractivity contribution in [2.75, 3.05) is 29.8 Å². The lowest BCUT2D eigenvalue weighted by molar-refractivity contribution is 0.0592. The molecule has 0 saturated heterocycles. The molecule has 0 aliphatic heterocycles. The summed E-state index contributed by atoms with van der Waals surface area (Å²) in [5, 5.41) is 0. The first-order valence-corrected chi connectivity index (χ1v) is 16.5. The molecule has 0 atom stereocenters. The van der Waals surface area contributed by atoms with Crippen LogP contribution in [-0.2, 0) is 29.5 Å². The molecular formula is C32H32F2N2O8S2. The van der Waals surface area contributed by atoms with Gasteiger partial charge in [-0.25, -0.2) is 35.2 Å². The molecule has 4 aromatic carbocycles. The van der Waals surface area contributed by atoms with Crippen molar-refractivity contribution in [2.45, 2.75) is 23.6 Å². The van der Waals surface area contributed by atoms with Crippen LogP contribution in [0.2, 0.25) is 0 Å². The Balaban J connectivity index is 0.000000254. The lowest BCUT2D eigenvalue weighted by Gasteiger charge is -2.26. The number of ether oxygens (including phenoxy) is 2. The van der Waals surface area contributed by atoms with E-state index in [-0.39, 0.29) is 39.1 Å². The van der Waals surface area contributed by atoms with Gasteiger partial charge in [-0.05, 0) is 103 Å². The van der Waals surface area contributed by atoms with Crippen LogP contribution in [0.1, 0.15) is 34.6 Å². The number of nitrogens with zero attached hydrogens (tertiary/aromatic N) is 1. The van der Waals surface area contributed by atoms with Gasteiger partial charge in [-0.3, -0.25) is 9.03 Å². The zero-order valence-corrected chi connectivity index (χ0v) is 26.9. The van der Waals surface area contributed by atoms with Crippen molar-refractivity contribution in [3.05, 3.63) is 120 Å². The molecule has 0 heterocycles. The maximum atomic E-state index is 13.2. The average Bonchev–Trinajstić information content (AvgIpc) is 3.04. The van der Waals surface area contributed by atoms with E-state index in [9.17, 15) is 35.2 Å². The van der Waals surface area contributed by atoms with Crippen molar-refractivity contribution in [1.82, 2.24) is 0 Å². The standard InChI is InChI=1S/C18H20FNO4S.C14H12FNO4S/c1-13(2)12-20(16-8-6-15(19)7-9-16)25(22,23)17-10-4-14(5-11-17)18(21)24-3;1-20-14(17)10-2-8-13(9-3-10)21(18,19)16-12-6-4-11(15)5-7-12/h4-11,13H,12H2,1-3H3;2-9,16H,1H3. The second-order valence-electron chi connectivity index (χ2n) is 10.1. The normalized spacial score (nSPS) is 11.2. The number of benzene rings is 4. The minimum absolute atomic E-state index is 0.0144. The number of hydrogen-bond acceptors (Lipinski definition) is 8. The number of rotatable bonds is 10. The zero-order chi connectivity index (χ0) is 34.1. The third kappa shape index (κ3) is 9.34. The van der Waals surface area contributed by atoms with Gasteiger partial charge in [0.15, 0.2) is 0 Å². The van der Waals surface area contributed by atoms with Crippen LogP contribution in [0.25, 0.3) is 0 Å². The van der Waals surface area contributed by atoms with Crippen LogP contribution in [0.15, 0.2) is 107 Å². The smallest absolute Gasteiger partial charge is 0.337 e. The van der Waals surface area contributed by atoms with Crippen molar-refractivity contribution in [3.8, 4) is 0 Å². The molecule has 0 aliphatic rings. The second-order valence-corrected chi connectivity index (χ2v) is 13.6. The van der Waals surface area contributed by atoms with Gasteiger partial charge in [-0.1, -0.05) is 13.8 Å². The fourth-order valence-electron chi connectivity index (χ4n) is 3.91. The van der Waals surface area contributed by atoms with Crippen molar-refractivity contribution in [1.29, 1.82) is 0 Å². The lowest BCUT2D eigenvalue weighted by Crippen LogP contribution is -2.34. The van der Waals surface area contributed by atoms with Gasteiger partial charge in [0, 0.05) is 12.2 Å². The van der Waals surface area contributed by atoms with Gasteiger partial charge in [0.1, 0.15) is 11.6 Å². The molecule has 244 valence electrons. The predicted octanol–water partition coefficient (Wildman–Crippen LogP) is 5.88. The van der Waals surface area contributed by atoms with E-state index in [1.165, 1.54) is 103 Å². The molecule has 10 nitrogen and oxygen atoms in total. The lowest BCUT2D eigenvalue weighted by atomic mass is 10.2. The summed E-state index contributed by atoms with van der Waals surface area (Å²) in [6, 6.07) is 21.0. The number of anilines is 2. The fourth-order valence-corrected chi connectivity index (χ4v) is 6.60. The Bertz CT molecular complexity index is 1850. The van der Waals surface area contributed by atoms with E-state index in [0.29, 0.717) is 5.69 Å². The quantitative estimate of drug-likeness (QED) is 0.206. The molecule has 4 aromatic rings. The Kier molecular flexibility index (Phi) is 12.0. The van der Waals surface area contributed by atoms with Crippen LogP contribution in [-0.4, -0.2) is 49.5 Å². The van der Waals surface area contributed by atoms with E-state index in [0.717, 1.165) is 12.1 Å². The molecule has 0 saturated carbocycles. The molecule has 1 N–H and O–H groups in total. The van der Waals surface area contributed by atoms with Gasteiger partial charge in [0.25, 0.3) is 20.0 Å². The maximum Gasteiger partial charge on any atom is 0.337 e. The summed E-state index contributed by atoms with van der Waals surface area (Å²) in [5.41, 5.74) is 1.14. The van der Waals surface area contributed by atoms with E-state index in [1.54, 1.807) is 0 Å².